The van der Waals surface area contributed by atoms with Crippen LogP contribution in [-0.2, 0) is 4.79 Å². The van der Waals surface area contributed by atoms with Gasteiger partial charge < -0.3 is 10.2 Å². The summed E-state index contributed by atoms with van der Waals surface area (Å²) < 4.78 is 0. The van der Waals surface area contributed by atoms with Crippen molar-refractivity contribution < 1.29 is 4.79 Å². The Morgan fingerprint density at radius 2 is 2.27 bits per heavy atom. The van der Waals surface area contributed by atoms with E-state index in [0.717, 1.165) is 25.8 Å². The molecule has 66 valence electrons. The lowest BCUT2D eigenvalue weighted by Crippen LogP contribution is -2.28. The third-order valence-corrected chi connectivity index (χ3v) is 1.91. The minimum Gasteiger partial charge on any atom is -0.346 e. The van der Waals surface area contributed by atoms with E-state index < -0.39 is 0 Å². The number of hydrogen-bond acceptors (Lipinski definition) is 2. The van der Waals surface area contributed by atoms with Crippen LogP contribution in [-0.4, -0.2) is 38.0 Å². The van der Waals surface area contributed by atoms with E-state index >= 15 is 0 Å². The predicted molar refractivity (Wildman–Crippen MR) is 46.4 cm³/mol. The molecule has 1 N–H and O–H groups in total. The fourth-order valence-electron chi connectivity index (χ4n) is 0.882. The minimum absolute atomic E-state index is 0.362. The smallest absolute Gasteiger partial charge is 0.209 e. The van der Waals surface area contributed by atoms with Crippen LogP contribution in [0.5, 0.6) is 0 Å². The molecule has 0 fully saturated rings. The molecule has 0 heterocycles. The highest BCUT2D eigenvalue weighted by Crippen LogP contribution is 2.00. The molecule has 0 aromatic heterocycles. The first-order chi connectivity index (χ1) is 5.22. The van der Waals surface area contributed by atoms with Crippen LogP contribution in [0.2, 0.25) is 0 Å². The summed E-state index contributed by atoms with van der Waals surface area (Å²) in [5.74, 6) is 0. The van der Waals surface area contributed by atoms with Crippen LogP contribution in [0.25, 0.3) is 0 Å². The number of amides is 1. The Labute approximate surface area is 68.8 Å². The summed E-state index contributed by atoms with van der Waals surface area (Å²) in [4.78, 5) is 12.0. The molecule has 0 saturated carbocycles. The van der Waals surface area contributed by atoms with Crippen molar-refractivity contribution in [2.24, 2.45) is 0 Å². The molecule has 0 radical (unpaired) electrons. The zero-order valence-electron chi connectivity index (χ0n) is 7.63. The SMILES string of the molecule is CNCCCC(C)N(C)C=O. The van der Waals surface area contributed by atoms with Crippen molar-refractivity contribution in [3.63, 3.8) is 0 Å². The Balaban J connectivity index is 3.35. The Kier molecular flexibility index (Phi) is 5.84. The van der Waals surface area contributed by atoms with Crippen molar-refractivity contribution in [1.82, 2.24) is 10.2 Å². The van der Waals surface area contributed by atoms with Crippen LogP contribution in [0.4, 0.5) is 0 Å². The van der Waals surface area contributed by atoms with Gasteiger partial charge in [-0.05, 0) is 33.4 Å². The summed E-state index contributed by atoms with van der Waals surface area (Å²) in [5, 5.41) is 3.07. The first-order valence-electron chi connectivity index (χ1n) is 4.04. The number of hydrogen-bond donors (Lipinski definition) is 1. The highest BCUT2D eigenvalue weighted by Gasteiger charge is 2.04. The van der Waals surface area contributed by atoms with Gasteiger partial charge in [-0.2, -0.15) is 0 Å². The fourth-order valence-corrected chi connectivity index (χ4v) is 0.882. The van der Waals surface area contributed by atoms with Gasteiger partial charge in [-0.1, -0.05) is 0 Å². The quantitative estimate of drug-likeness (QED) is 0.450. The van der Waals surface area contributed by atoms with Gasteiger partial charge in [0.2, 0.25) is 6.41 Å². The van der Waals surface area contributed by atoms with Gasteiger partial charge in [0.25, 0.3) is 0 Å². The van der Waals surface area contributed by atoms with E-state index in [2.05, 4.69) is 12.2 Å². The third-order valence-electron chi connectivity index (χ3n) is 1.91. The van der Waals surface area contributed by atoms with Gasteiger partial charge in [-0.25, -0.2) is 0 Å². The molecule has 0 aliphatic heterocycles. The molecule has 0 bridgehead atoms. The van der Waals surface area contributed by atoms with Crippen LogP contribution >= 0.6 is 0 Å². The van der Waals surface area contributed by atoms with Crippen molar-refractivity contribution in [2.75, 3.05) is 20.6 Å². The zero-order chi connectivity index (χ0) is 8.69. The topological polar surface area (TPSA) is 32.3 Å². The van der Waals surface area contributed by atoms with Crippen molar-refractivity contribution in [2.45, 2.75) is 25.8 Å². The van der Waals surface area contributed by atoms with Crippen LogP contribution in [0.3, 0.4) is 0 Å². The number of nitrogens with zero attached hydrogens (tertiary/aromatic N) is 1. The highest BCUT2D eigenvalue weighted by atomic mass is 16.1. The Morgan fingerprint density at radius 1 is 1.64 bits per heavy atom. The van der Waals surface area contributed by atoms with E-state index in [1.807, 2.05) is 14.1 Å². The summed E-state index contributed by atoms with van der Waals surface area (Å²) in [6.07, 6.45) is 3.07. The minimum atomic E-state index is 0.362. The van der Waals surface area contributed by atoms with Crippen molar-refractivity contribution >= 4 is 6.41 Å². The molecule has 0 aromatic carbocycles. The lowest BCUT2D eigenvalue weighted by Gasteiger charge is -2.19. The number of carbonyl (C=O) groups excluding carboxylic acids is 1. The fraction of sp³-hybridized carbons (Fsp3) is 0.875. The predicted octanol–water partition coefficient (Wildman–Crippen LogP) is 0.463. The van der Waals surface area contributed by atoms with E-state index in [4.69, 9.17) is 0 Å². The molecule has 1 atom stereocenters. The molecule has 3 nitrogen and oxygen atoms in total. The standard InChI is InChI=1S/C8H18N2O/c1-8(10(3)7-11)5-4-6-9-2/h7-9H,4-6H2,1-3H3. The van der Waals surface area contributed by atoms with Crippen LogP contribution in [0.1, 0.15) is 19.8 Å². The second kappa shape index (κ2) is 6.16. The van der Waals surface area contributed by atoms with Crippen LogP contribution in [0, 0.1) is 0 Å². The lowest BCUT2D eigenvalue weighted by molar-refractivity contribution is -0.118. The Bertz CT molecular complexity index is 106. The molecule has 0 saturated heterocycles. The van der Waals surface area contributed by atoms with E-state index in [0.29, 0.717) is 6.04 Å². The maximum atomic E-state index is 10.3. The zero-order valence-corrected chi connectivity index (χ0v) is 7.63. The molecule has 0 spiro atoms. The molecular formula is C8H18N2O. The van der Waals surface area contributed by atoms with E-state index in [-0.39, 0.29) is 0 Å². The summed E-state index contributed by atoms with van der Waals surface area (Å²) in [6.45, 7) is 3.08. The number of rotatable bonds is 6. The van der Waals surface area contributed by atoms with E-state index in [1.165, 1.54) is 0 Å². The molecule has 0 aliphatic rings. The van der Waals surface area contributed by atoms with Crippen molar-refractivity contribution in [1.29, 1.82) is 0 Å². The summed E-state index contributed by atoms with van der Waals surface area (Å²) in [5.41, 5.74) is 0. The van der Waals surface area contributed by atoms with E-state index in [9.17, 15) is 4.79 Å². The van der Waals surface area contributed by atoms with Gasteiger partial charge in [-0.15, -0.1) is 0 Å². The summed E-state index contributed by atoms with van der Waals surface area (Å²) in [7, 11) is 3.76. The Hall–Kier alpha value is -0.570. The average Bonchev–Trinajstić information content (AvgIpc) is 2.03. The average molecular weight is 158 g/mol. The van der Waals surface area contributed by atoms with Crippen LogP contribution in [0.15, 0.2) is 0 Å². The highest BCUT2D eigenvalue weighted by molar-refractivity contribution is 5.46. The van der Waals surface area contributed by atoms with Gasteiger partial charge >= 0.3 is 0 Å². The van der Waals surface area contributed by atoms with Crippen LogP contribution < -0.4 is 5.32 Å². The second-order valence-corrected chi connectivity index (χ2v) is 2.87. The largest absolute Gasteiger partial charge is 0.346 e. The van der Waals surface area contributed by atoms with Gasteiger partial charge in [0.1, 0.15) is 0 Å². The molecule has 1 amide bonds. The number of nitrogens with one attached hydrogen (secondary N) is 1. The third kappa shape index (κ3) is 4.79. The summed E-state index contributed by atoms with van der Waals surface area (Å²) in [6, 6.07) is 0.362. The van der Waals surface area contributed by atoms with E-state index in [1.54, 1.807) is 4.90 Å². The summed E-state index contributed by atoms with van der Waals surface area (Å²) >= 11 is 0. The lowest BCUT2D eigenvalue weighted by atomic mass is 10.2. The maximum absolute atomic E-state index is 10.3. The maximum Gasteiger partial charge on any atom is 0.209 e. The molecule has 0 rings (SSSR count). The van der Waals surface area contributed by atoms with Gasteiger partial charge in [0.15, 0.2) is 0 Å². The molecular weight excluding hydrogens is 140 g/mol. The monoisotopic (exact) mass is 158 g/mol. The first kappa shape index (κ1) is 10.4. The number of carbonyl (C=O) groups is 1. The van der Waals surface area contributed by atoms with Gasteiger partial charge in [-0.3, -0.25) is 4.79 Å². The first-order valence-corrected chi connectivity index (χ1v) is 4.04. The molecule has 1 unspecified atom stereocenters. The molecule has 11 heavy (non-hydrogen) atoms. The Morgan fingerprint density at radius 3 is 2.73 bits per heavy atom. The van der Waals surface area contributed by atoms with Gasteiger partial charge in [0.05, 0.1) is 0 Å². The molecule has 0 aliphatic carbocycles. The molecule has 0 aromatic rings. The van der Waals surface area contributed by atoms with Crippen molar-refractivity contribution in [3.8, 4) is 0 Å². The molecule has 3 heteroatoms. The second-order valence-electron chi connectivity index (χ2n) is 2.87. The normalized spacial score (nSPS) is 12.6. The van der Waals surface area contributed by atoms with Gasteiger partial charge in [0, 0.05) is 13.1 Å². The van der Waals surface area contributed by atoms with Crippen molar-refractivity contribution in [3.05, 3.63) is 0 Å².